The van der Waals surface area contributed by atoms with Gasteiger partial charge in [-0.05, 0) is 35.7 Å². The minimum Gasteiger partial charge on any atom is -0.493 e. The van der Waals surface area contributed by atoms with Crippen LogP contribution in [0.4, 0.5) is 15.9 Å². The average molecular weight is 501 g/mol. The molecule has 9 nitrogen and oxygen atoms in total. The van der Waals surface area contributed by atoms with Crippen LogP contribution in [0.2, 0.25) is 0 Å². The highest BCUT2D eigenvalue weighted by molar-refractivity contribution is 5.93. The third-order valence-corrected chi connectivity index (χ3v) is 5.69. The van der Waals surface area contributed by atoms with E-state index >= 15 is 0 Å². The van der Waals surface area contributed by atoms with Gasteiger partial charge in [0.15, 0.2) is 11.5 Å². The number of hydrogen-bond acceptors (Lipinski definition) is 8. The van der Waals surface area contributed by atoms with Crippen LogP contribution >= 0.6 is 0 Å². The zero-order valence-corrected chi connectivity index (χ0v) is 21.2. The van der Waals surface area contributed by atoms with Gasteiger partial charge in [-0.2, -0.15) is 0 Å². The molecule has 1 heterocycles. The summed E-state index contributed by atoms with van der Waals surface area (Å²) in [4.78, 5) is 21.8. The number of amides is 1. The van der Waals surface area contributed by atoms with Crippen molar-refractivity contribution in [2.24, 2.45) is 0 Å². The quantitative estimate of drug-likeness (QED) is 0.366. The fourth-order valence-corrected chi connectivity index (χ4v) is 3.67. The Morgan fingerprint density at radius 2 is 1.86 bits per heavy atom. The number of ether oxygens (including phenoxy) is 2. The maximum atomic E-state index is 14.1. The van der Waals surface area contributed by atoms with Crippen LogP contribution in [-0.4, -0.2) is 71.0 Å². The number of methoxy groups -OCH3 is 1. The summed E-state index contributed by atoms with van der Waals surface area (Å²) in [6.45, 7) is 3.72. The first kappa shape index (κ1) is 27.1. The normalized spacial score (nSPS) is 12.9. The molecule has 0 unspecified atom stereocenters. The molecular formula is C26H33FN4O5. The van der Waals surface area contributed by atoms with Gasteiger partial charge in [0.25, 0.3) is 0 Å². The van der Waals surface area contributed by atoms with E-state index in [9.17, 15) is 19.4 Å². The number of carbonyl (C=O) groups is 1. The van der Waals surface area contributed by atoms with Crippen molar-refractivity contribution in [2.45, 2.75) is 44.8 Å². The number of hydrogen-bond donors (Lipinski definition) is 3. The predicted molar refractivity (Wildman–Crippen MR) is 135 cm³/mol. The van der Waals surface area contributed by atoms with Crippen LogP contribution in [0.15, 0.2) is 36.7 Å². The van der Waals surface area contributed by atoms with Crippen molar-refractivity contribution in [2.75, 3.05) is 33.1 Å². The fourth-order valence-electron chi connectivity index (χ4n) is 3.67. The van der Waals surface area contributed by atoms with Crippen LogP contribution in [-0.2, 0) is 4.79 Å². The molecule has 2 atom stereocenters. The van der Waals surface area contributed by atoms with Gasteiger partial charge >= 0.3 is 0 Å². The number of fused-ring (bicyclic) bond motifs is 1. The molecule has 3 rings (SSSR count). The number of aromatic nitrogens is 2. The molecule has 0 aliphatic carbocycles. The molecule has 10 heteroatoms. The molecule has 2 aromatic carbocycles. The summed E-state index contributed by atoms with van der Waals surface area (Å²) in [7, 11) is 4.70. The second-order valence-electron chi connectivity index (χ2n) is 9.11. The number of anilines is 2. The zero-order valence-electron chi connectivity index (χ0n) is 21.2. The largest absolute Gasteiger partial charge is 0.493 e. The fraction of sp³-hybridized carbons (Fsp3) is 0.423. The lowest BCUT2D eigenvalue weighted by Crippen LogP contribution is -2.30. The minimum atomic E-state index is -1.01. The Morgan fingerprint density at radius 1 is 1.11 bits per heavy atom. The molecule has 0 saturated carbocycles. The Kier molecular flexibility index (Phi) is 9.00. The van der Waals surface area contributed by atoms with E-state index in [0.717, 1.165) is 0 Å². The van der Waals surface area contributed by atoms with Gasteiger partial charge in [-0.15, -0.1) is 0 Å². The van der Waals surface area contributed by atoms with E-state index in [2.05, 4.69) is 15.3 Å². The van der Waals surface area contributed by atoms with Crippen LogP contribution in [0.25, 0.3) is 10.9 Å². The van der Waals surface area contributed by atoms with Crippen LogP contribution in [0.1, 0.15) is 38.2 Å². The summed E-state index contributed by atoms with van der Waals surface area (Å²) in [6.07, 6.45) is -0.690. The Bertz CT molecular complexity index is 1200. The van der Waals surface area contributed by atoms with Gasteiger partial charge in [-0.25, -0.2) is 14.4 Å². The maximum Gasteiger partial charge on any atom is 0.224 e. The van der Waals surface area contributed by atoms with Crippen LogP contribution in [0.3, 0.4) is 0 Å². The van der Waals surface area contributed by atoms with E-state index in [-0.39, 0.29) is 37.1 Å². The first-order valence-corrected chi connectivity index (χ1v) is 11.7. The lowest BCUT2D eigenvalue weighted by atomic mass is 10.0. The summed E-state index contributed by atoms with van der Waals surface area (Å²) >= 11 is 0. The summed E-state index contributed by atoms with van der Waals surface area (Å²) in [5, 5.41) is 24.3. The molecule has 0 fully saturated rings. The van der Waals surface area contributed by atoms with Gasteiger partial charge in [-0.1, -0.05) is 13.8 Å². The van der Waals surface area contributed by atoms with Crippen LogP contribution in [0.5, 0.6) is 11.5 Å². The van der Waals surface area contributed by atoms with Gasteiger partial charge in [0, 0.05) is 37.7 Å². The highest BCUT2D eigenvalue weighted by Crippen LogP contribution is 2.35. The molecular weight excluding hydrogens is 467 g/mol. The predicted octanol–water partition coefficient (Wildman–Crippen LogP) is 3.61. The van der Waals surface area contributed by atoms with E-state index in [1.165, 1.54) is 24.4 Å². The number of aliphatic hydroxyl groups is 2. The van der Waals surface area contributed by atoms with Gasteiger partial charge in [0.05, 0.1) is 31.3 Å². The van der Waals surface area contributed by atoms with E-state index < -0.39 is 12.2 Å². The molecule has 36 heavy (non-hydrogen) atoms. The third-order valence-electron chi connectivity index (χ3n) is 5.69. The number of halogens is 1. The summed E-state index contributed by atoms with van der Waals surface area (Å²) in [5.74, 6) is 0.775. The molecule has 194 valence electrons. The van der Waals surface area contributed by atoms with E-state index in [0.29, 0.717) is 39.5 Å². The molecule has 0 saturated heterocycles. The van der Waals surface area contributed by atoms with Gasteiger partial charge in [0.2, 0.25) is 5.91 Å². The van der Waals surface area contributed by atoms with Crippen LogP contribution < -0.4 is 14.8 Å². The number of nitrogens with one attached hydrogen (secondary N) is 1. The maximum absolute atomic E-state index is 14.1. The molecule has 3 N–H and O–H groups in total. The van der Waals surface area contributed by atoms with Crippen molar-refractivity contribution in [1.82, 2.24) is 14.9 Å². The standard InChI is InChI=1S/C26H33FN4O5/c1-15(2)19-8-16(6-7-21(19)27)30-26-20-11-24(23(35-5)12-22(20)28-14-29-26)36-13-18(33)9-17(32)10-25(34)31(3)4/h6-8,11-12,14-15,17-18,32-33H,9-10,13H2,1-5H3,(H,28,29,30)/t17-,18+/m1/s1. The Morgan fingerprint density at radius 3 is 2.53 bits per heavy atom. The van der Waals surface area contributed by atoms with Crippen molar-refractivity contribution in [1.29, 1.82) is 0 Å². The minimum absolute atomic E-state index is 0.0177. The van der Waals surface area contributed by atoms with Gasteiger partial charge in [-0.3, -0.25) is 4.79 Å². The Labute approximate surface area is 209 Å². The number of carbonyl (C=O) groups excluding carboxylic acids is 1. The van der Waals surface area contributed by atoms with Crippen molar-refractivity contribution < 1.29 is 28.9 Å². The first-order valence-electron chi connectivity index (χ1n) is 11.7. The molecule has 0 aliphatic rings. The zero-order chi connectivity index (χ0) is 26.4. The number of aliphatic hydroxyl groups excluding tert-OH is 2. The third kappa shape index (κ3) is 6.79. The molecule has 1 aromatic heterocycles. The van der Waals surface area contributed by atoms with E-state index in [1.54, 1.807) is 38.4 Å². The van der Waals surface area contributed by atoms with Crippen molar-refractivity contribution in [3.05, 3.63) is 48.0 Å². The molecule has 0 bridgehead atoms. The van der Waals surface area contributed by atoms with Crippen molar-refractivity contribution in [3.8, 4) is 11.5 Å². The Balaban J connectivity index is 1.80. The second-order valence-corrected chi connectivity index (χ2v) is 9.11. The van der Waals surface area contributed by atoms with E-state index in [1.807, 2.05) is 13.8 Å². The first-order chi connectivity index (χ1) is 17.1. The monoisotopic (exact) mass is 500 g/mol. The molecule has 1 amide bonds. The number of nitrogens with zero attached hydrogens (tertiary/aromatic N) is 3. The lowest BCUT2D eigenvalue weighted by Gasteiger charge is -2.19. The smallest absolute Gasteiger partial charge is 0.224 e. The Hall–Kier alpha value is -3.50. The molecule has 0 radical (unpaired) electrons. The van der Waals surface area contributed by atoms with Gasteiger partial charge < -0.3 is 29.9 Å². The summed E-state index contributed by atoms with van der Waals surface area (Å²) in [6, 6.07) is 8.19. The summed E-state index contributed by atoms with van der Waals surface area (Å²) < 4.78 is 25.4. The highest BCUT2D eigenvalue weighted by Gasteiger charge is 2.19. The van der Waals surface area contributed by atoms with E-state index in [4.69, 9.17) is 9.47 Å². The molecule has 0 aliphatic heterocycles. The number of benzene rings is 2. The van der Waals surface area contributed by atoms with Crippen LogP contribution in [0, 0.1) is 5.82 Å². The lowest BCUT2D eigenvalue weighted by molar-refractivity contribution is -0.131. The SMILES string of the molecule is COc1cc2ncnc(Nc3ccc(F)c(C(C)C)c3)c2cc1OC[C@@H](O)C[C@@H](O)CC(=O)N(C)C. The molecule has 3 aromatic rings. The topological polar surface area (TPSA) is 117 Å². The molecule has 0 spiro atoms. The average Bonchev–Trinajstić information content (AvgIpc) is 2.83. The van der Waals surface area contributed by atoms with Crippen molar-refractivity contribution in [3.63, 3.8) is 0 Å². The van der Waals surface area contributed by atoms with Gasteiger partial charge in [0.1, 0.15) is 24.6 Å². The number of rotatable bonds is 11. The second kappa shape index (κ2) is 12.0. The van der Waals surface area contributed by atoms with Crippen molar-refractivity contribution >= 4 is 28.3 Å². The highest BCUT2D eigenvalue weighted by atomic mass is 19.1. The summed E-state index contributed by atoms with van der Waals surface area (Å²) in [5.41, 5.74) is 1.86.